The minimum atomic E-state index is -1.97. The van der Waals surface area contributed by atoms with Crippen LogP contribution in [-0.2, 0) is 26.4 Å². The molecule has 0 aliphatic rings. The number of aromatic nitrogens is 3. The van der Waals surface area contributed by atoms with Crippen molar-refractivity contribution in [2.45, 2.75) is 18.6 Å². The first-order valence-corrected chi connectivity index (χ1v) is 8.46. The summed E-state index contributed by atoms with van der Waals surface area (Å²) in [5, 5.41) is 15.6. The molecule has 1 unspecified atom stereocenters. The summed E-state index contributed by atoms with van der Waals surface area (Å²) in [6.07, 6.45) is -0.693. The molecule has 0 saturated heterocycles. The van der Waals surface area contributed by atoms with Crippen molar-refractivity contribution in [3.8, 4) is 0 Å². The topological polar surface area (TPSA) is 124 Å². The molecule has 0 radical (unpaired) electrons. The van der Waals surface area contributed by atoms with Gasteiger partial charge in [-0.3, -0.25) is 4.79 Å². The molecule has 28 heavy (non-hydrogen) atoms. The van der Waals surface area contributed by atoms with Gasteiger partial charge in [-0.05, 0) is 12.1 Å². The molecule has 10 nitrogen and oxygen atoms in total. The van der Waals surface area contributed by atoms with Gasteiger partial charge < -0.3 is 14.6 Å². The average molecular weight is 431 g/mol. The van der Waals surface area contributed by atoms with Crippen molar-refractivity contribution in [3.05, 3.63) is 46.5 Å². The number of carbonyl (C=O) groups excluding carboxylic acids is 3. The molecular weight excluding hydrogens is 415 g/mol. The SMILES string of the molecule is COC(=O)N(C(=O)CC(O)(Cn1cncn1)c1ccc(Cl)cc1Cl)C(=O)OC. The molecule has 2 rings (SSSR count). The third-order valence-electron chi connectivity index (χ3n) is 3.73. The summed E-state index contributed by atoms with van der Waals surface area (Å²) in [7, 11) is 1.98. The third kappa shape index (κ3) is 4.77. The molecular formula is C16H16Cl2N4O6. The monoisotopic (exact) mass is 430 g/mol. The number of hydrogen-bond acceptors (Lipinski definition) is 8. The molecule has 0 bridgehead atoms. The van der Waals surface area contributed by atoms with Crippen LogP contribution in [0.4, 0.5) is 9.59 Å². The molecule has 1 aromatic carbocycles. The smallest absolute Gasteiger partial charge is 0.426 e. The lowest BCUT2D eigenvalue weighted by Gasteiger charge is -2.30. The van der Waals surface area contributed by atoms with Gasteiger partial charge in [-0.2, -0.15) is 5.10 Å². The molecule has 0 aliphatic heterocycles. The molecule has 1 heterocycles. The van der Waals surface area contributed by atoms with Crippen LogP contribution < -0.4 is 0 Å². The van der Waals surface area contributed by atoms with Crippen molar-refractivity contribution >= 4 is 41.3 Å². The normalized spacial score (nSPS) is 12.8. The Morgan fingerprint density at radius 3 is 2.36 bits per heavy atom. The summed E-state index contributed by atoms with van der Waals surface area (Å²) in [4.78, 5) is 40.3. The number of carbonyl (C=O) groups is 3. The zero-order chi connectivity index (χ0) is 20.9. The number of aliphatic hydroxyl groups is 1. The van der Waals surface area contributed by atoms with Gasteiger partial charge in [-0.25, -0.2) is 19.3 Å². The lowest BCUT2D eigenvalue weighted by Crippen LogP contribution is -2.46. The van der Waals surface area contributed by atoms with Gasteiger partial charge in [0.15, 0.2) is 0 Å². The summed E-state index contributed by atoms with van der Waals surface area (Å²) in [6.45, 7) is -0.254. The largest absolute Gasteiger partial charge is 0.452 e. The Labute approximate surface area is 169 Å². The summed E-state index contributed by atoms with van der Waals surface area (Å²) in [6, 6.07) is 4.28. The highest BCUT2D eigenvalue weighted by Gasteiger charge is 2.40. The molecule has 0 saturated carbocycles. The van der Waals surface area contributed by atoms with Crippen molar-refractivity contribution in [2.75, 3.05) is 14.2 Å². The average Bonchev–Trinajstić information content (AvgIpc) is 3.13. The Hall–Kier alpha value is -2.69. The van der Waals surface area contributed by atoms with Crippen molar-refractivity contribution in [3.63, 3.8) is 0 Å². The minimum Gasteiger partial charge on any atom is -0.452 e. The molecule has 3 amide bonds. The highest BCUT2D eigenvalue weighted by Crippen LogP contribution is 2.35. The fraction of sp³-hybridized carbons (Fsp3) is 0.312. The fourth-order valence-electron chi connectivity index (χ4n) is 2.48. The molecule has 1 aromatic heterocycles. The van der Waals surface area contributed by atoms with E-state index >= 15 is 0 Å². The van der Waals surface area contributed by atoms with E-state index < -0.39 is 30.1 Å². The number of hydrogen-bond donors (Lipinski definition) is 1. The summed E-state index contributed by atoms with van der Waals surface area (Å²) in [5.41, 5.74) is -1.83. The first-order valence-electron chi connectivity index (χ1n) is 7.71. The molecule has 0 fully saturated rings. The van der Waals surface area contributed by atoms with Gasteiger partial charge in [-0.15, -0.1) is 4.90 Å². The van der Waals surface area contributed by atoms with Gasteiger partial charge in [0.25, 0.3) is 0 Å². The lowest BCUT2D eigenvalue weighted by atomic mass is 9.89. The van der Waals surface area contributed by atoms with Crippen molar-refractivity contribution in [1.82, 2.24) is 19.7 Å². The van der Waals surface area contributed by atoms with Gasteiger partial charge in [0.05, 0.1) is 27.2 Å². The highest BCUT2D eigenvalue weighted by atomic mass is 35.5. The number of rotatable bonds is 5. The number of methoxy groups -OCH3 is 2. The minimum absolute atomic E-state index is 0.0746. The van der Waals surface area contributed by atoms with E-state index in [4.69, 9.17) is 23.2 Å². The molecule has 0 aliphatic carbocycles. The van der Waals surface area contributed by atoms with Crippen LogP contribution >= 0.6 is 23.2 Å². The van der Waals surface area contributed by atoms with E-state index in [9.17, 15) is 19.5 Å². The van der Waals surface area contributed by atoms with E-state index in [0.29, 0.717) is 5.02 Å². The Bertz CT molecular complexity index is 860. The molecule has 0 spiro atoms. The Kier molecular flexibility index (Phi) is 6.95. The van der Waals surface area contributed by atoms with Crippen molar-refractivity contribution in [2.24, 2.45) is 0 Å². The van der Waals surface area contributed by atoms with Crippen LogP contribution in [0.1, 0.15) is 12.0 Å². The number of halogens is 2. The first kappa shape index (κ1) is 21.6. The van der Waals surface area contributed by atoms with E-state index in [2.05, 4.69) is 19.6 Å². The van der Waals surface area contributed by atoms with E-state index in [1.807, 2.05) is 0 Å². The second-order valence-electron chi connectivity index (χ2n) is 5.59. The van der Waals surface area contributed by atoms with Crippen LogP contribution in [0.25, 0.3) is 0 Å². The van der Waals surface area contributed by atoms with Gasteiger partial charge in [0, 0.05) is 15.6 Å². The van der Waals surface area contributed by atoms with Gasteiger partial charge in [0.2, 0.25) is 5.91 Å². The van der Waals surface area contributed by atoms with Gasteiger partial charge >= 0.3 is 12.2 Å². The van der Waals surface area contributed by atoms with Crippen LogP contribution in [0.5, 0.6) is 0 Å². The maximum atomic E-state index is 12.7. The second-order valence-corrected chi connectivity index (χ2v) is 6.44. The number of amides is 3. The third-order valence-corrected chi connectivity index (χ3v) is 4.28. The van der Waals surface area contributed by atoms with E-state index in [-0.39, 0.29) is 22.0 Å². The zero-order valence-corrected chi connectivity index (χ0v) is 16.3. The highest BCUT2D eigenvalue weighted by molar-refractivity contribution is 6.35. The van der Waals surface area contributed by atoms with E-state index in [0.717, 1.165) is 14.2 Å². The second kappa shape index (κ2) is 9.00. The van der Waals surface area contributed by atoms with Crippen LogP contribution in [0.2, 0.25) is 10.0 Å². The lowest BCUT2D eigenvalue weighted by molar-refractivity contribution is -0.134. The number of nitrogens with zero attached hydrogens (tertiary/aromatic N) is 4. The zero-order valence-electron chi connectivity index (χ0n) is 14.8. The maximum absolute atomic E-state index is 12.7. The maximum Gasteiger partial charge on any atom is 0.426 e. The predicted octanol–water partition coefficient (Wildman–Crippen LogP) is 2.22. The fourth-order valence-corrected chi connectivity index (χ4v) is 3.06. The summed E-state index contributed by atoms with van der Waals surface area (Å²) < 4.78 is 10.1. The van der Waals surface area contributed by atoms with Crippen LogP contribution in [0.15, 0.2) is 30.9 Å². The van der Waals surface area contributed by atoms with Crippen LogP contribution in [-0.4, -0.2) is 57.1 Å². The van der Waals surface area contributed by atoms with Crippen LogP contribution in [0.3, 0.4) is 0 Å². The standard InChI is InChI=1S/C16H16Cl2N4O6/c1-27-14(24)22(15(25)28-2)13(23)6-16(26,7-21-9-19-8-20-21)11-4-3-10(17)5-12(11)18/h3-5,8-9,26H,6-7H2,1-2H3. The van der Waals surface area contributed by atoms with E-state index in [1.54, 1.807) is 0 Å². The quantitative estimate of drug-likeness (QED) is 0.765. The number of imide groups is 3. The number of ether oxygens (including phenoxy) is 2. The first-order chi connectivity index (χ1) is 13.2. The molecule has 12 heteroatoms. The van der Waals surface area contributed by atoms with E-state index in [1.165, 1.54) is 35.5 Å². The molecule has 150 valence electrons. The van der Waals surface area contributed by atoms with Gasteiger partial charge in [-0.1, -0.05) is 29.3 Å². The summed E-state index contributed by atoms with van der Waals surface area (Å²) in [5.74, 6) is -1.08. The summed E-state index contributed by atoms with van der Waals surface area (Å²) >= 11 is 12.1. The molecule has 1 atom stereocenters. The van der Waals surface area contributed by atoms with Gasteiger partial charge in [0.1, 0.15) is 18.3 Å². The van der Waals surface area contributed by atoms with Crippen molar-refractivity contribution < 1.29 is 29.0 Å². The Morgan fingerprint density at radius 1 is 1.21 bits per heavy atom. The molecule has 2 aromatic rings. The Morgan fingerprint density at radius 2 is 1.86 bits per heavy atom. The van der Waals surface area contributed by atoms with Crippen molar-refractivity contribution in [1.29, 1.82) is 0 Å². The molecule has 1 N–H and O–H groups in total. The van der Waals surface area contributed by atoms with Crippen LogP contribution in [0, 0.1) is 0 Å². The number of benzene rings is 1. The Balaban J connectivity index is 2.45. The predicted molar refractivity (Wildman–Crippen MR) is 96.7 cm³/mol.